The molecule has 0 bridgehead atoms. The van der Waals surface area contributed by atoms with Crippen molar-refractivity contribution in [1.29, 1.82) is 0 Å². The number of oxazole rings is 1. The van der Waals surface area contributed by atoms with Gasteiger partial charge in [0.05, 0.1) is 21.3 Å². The van der Waals surface area contributed by atoms with Gasteiger partial charge in [0.1, 0.15) is 6.26 Å². The first kappa shape index (κ1) is 18.9. The number of nitrogens with one attached hydrogen (secondary N) is 1. The molecule has 0 atom stereocenters. The van der Waals surface area contributed by atoms with Crippen LogP contribution in [0.25, 0.3) is 0 Å². The molecule has 0 amide bonds. The number of rotatable bonds is 9. The number of allylic oxidation sites excluding steroid dienone is 3. The molecule has 1 aromatic carbocycles. The number of carbonyl (C=O) groups is 1. The molecular weight excluding hydrogens is 336 g/mol. The van der Waals surface area contributed by atoms with Gasteiger partial charge in [0.25, 0.3) is 6.01 Å². The molecule has 1 heterocycles. The fraction of sp³-hybridized carbons (Fsp3) is 0.158. The largest absolute Gasteiger partial charge is 0.493 e. The first-order chi connectivity index (χ1) is 12.5. The van der Waals surface area contributed by atoms with Gasteiger partial charge in [0, 0.05) is 11.3 Å². The maximum atomic E-state index is 12.7. The van der Waals surface area contributed by atoms with E-state index in [0.717, 1.165) is 0 Å². The minimum absolute atomic E-state index is 0.127. The van der Waals surface area contributed by atoms with E-state index < -0.39 is 0 Å². The van der Waals surface area contributed by atoms with E-state index in [1.807, 2.05) is 0 Å². The lowest BCUT2D eigenvalue weighted by molar-refractivity contribution is 0.103. The lowest BCUT2D eigenvalue weighted by Crippen LogP contribution is -2.05. The second-order valence-corrected chi connectivity index (χ2v) is 5.03. The van der Waals surface area contributed by atoms with Gasteiger partial charge in [-0.3, -0.25) is 4.79 Å². The predicted octanol–water partition coefficient (Wildman–Crippen LogP) is 3.60. The second-order valence-electron chi connectivity index (χ2n) is 5.03. The average Bonchev–Trinajstić information content (AvgIpc) is 3.12. The molecule has 136 valence electrons. The topological polar surface area (TPSA) is 82.8 Å². The third kappa shape index (κ3) is 4.13. The van der Waals surface area contributed by atoms with Crippen LogP contribution in [0.4, 0.5) is 6.01 Å². The molecule has 0 aliphatic heterocycles. The molecule has 7 heteroatoms. The lowest BCUT2D eigenvalue weighted by Gasteiger charge is -2.13. The van der Waals surface area contributed by atoms with Crippen LogP contribution in [0.15, 0.2) is 59.9 Å². The van der Waals surface area contributed by atoms with E-state index in [4.69, 9.17) is 18.6 Å². The summed E-state index contributed by atoms with van der Waals surface area (Å²) in [7, 11) is 4.45. The molecule has 0 saturated carbocycles. The van der Waals surface area contributed by atoms with Crippen LogP contribution in [-0.4, -0.2) is 32.1 Å². The summed E-state index contributed by atoms with van der Waals surface area (Å²) >= 11 is 0. The predicted molar refractivity (Wildman–Crippen MR) is 98.1 cm³/mol. The Morgan fingerprint density at radius 3 is 2.38 bits per heavy atom. The maximum Gasteiger partial charge on any atom is 0.299 e. The number of ether oxygens (including phenoxy) is 3. The SMILES string of the molecule is C=C/C=C\C(=C)Nc1nc(C(=O)c2cc(OC)c(OC)c(OC)c2)co1. The van der Waals surface area contributed by atoms with Crippen LogP contribution < -0.4 is 19.5 Å². The molecule has 0 saturated heterocycles. The van der Waals surface area contributed by atoms with Gasteiger partial charge in [-0.1, -0.05) is 25.3 Å². The van der Waals surface area contributed by atoms with Crippen LogP contribution in [0.5, 0.6) is 17.2 Å². The number of anilines is 1. The molecule has 0 aliphatic carbocycles. The van der Waals surface area contributed by atoms with E-state index in [-0.39, 0.29) is 17.5 Å². The number of benzene rings is 1. The van der Waals surface area contributed by atoms with Crippen LogP contribution >= 0.6 is 0 Å². The quantitative estimate of drug-likeness (QED) is 0.543. The molecule has 1 aromatic heterocycles. The van der Waals surface area contributed by atoms with Gasteiger partial charge >= 0.3 is 0 Å². The van der Waals surface area contributed by atoms with Crippen LogP contribution in [0.2, 0.25) is 0 Å². The van der Waals surface area contributed by atoms with Gasteiger partial charge in [0.15, 0.2) is 17.2 Å². The lowest BCUT2D eigenvalue weighted by atomic mass is 10.1. The van der Waals surface area contributed by atoms with Crippen molar-refractivity contribution >= 4 is 11.8 Å². The minimum atomic E-state index is -0.353. The Morgan fingerprint density at radius 1 is 1.19 bits per heavy atom. The summed E-state index contributed by atoms with van der Waals surface area (Å²) < 4.78 is 21.0. The number of ketones is 1. The Balaban J connectivity index is 2.28. The van der Waals surface area contributed by atoms with Gasteiger partial charge < -0.3 is 23.9 Å². The van der Waals surface area contributed by atoms with E-state index in [0.29, 0.717) is 28.5 Å². The Hall–Kier alpha value is -3.48. The van der Waals surface area contributed by atoms with Crippen molar-refractivity contribution in [1.82, 2.24) is 4.98 Å². The summed E-state index contributed by atoms with van der Waals surface area (Å²) in [5, 5.41) is 2.84. The van der Waals surface area contributed by atoms with Gasteiger partial charge in [-0.2, -0.15) is 4.98 Å². The molecule has 0 unspecified atom stereocenters. The van der Waals surface area contributed by atoms with E-state index in [1.54, 1.807) is 30.4 Å². The Bertz CT molecular complexity index is 826. The molecule has 0 spiro atoms. The standard InChI is InChI=1S/C19H20N2O5/c1-6-7-8-12(2)20-19-21-14(11-26-19)17(22)13-9-15(23-3)18(25-5)16(10-13)24-4/h6-11H,1-2H2,3-5H3,(H,20,21)/b8-7-. The molecule has 26 heavy (non-hydrogen) atoms. The Labute approximate surface area is 151 Å². The molecule has 2 rings (SSSR count). The zero-order chi connectivity index (χ0) is 19.1. The van der Waals surface area contributed by atoms with Gasteiger partial charge in [0.2, 0.25) is 11.5 Å². The molecule has 2 aromatic rings. The first-order valence-corrected chi connectivity index (χ1v) is 7.59. The number of nitrogens with zero attached hydrogens (tertiary/aromatic N) is 1. The highest BCUT2D eigenvalue weighted by Crippen LogP contribution is 2.38. The summed E-state index contributed by atoms with van der Waals surface area (Å²) in [5.41, 5.74) is 0.991. The fourth-order valence-corrected chi connectivity index (χ4v) is 2.16. The fourth-order valence-electron chi connectivity index (χ4n) is 2.16. The number of hydrogen-bond acceptors (Lipinski definition) is 7. The third-order valence-electron chi connectivity index (χ3n) is 3.36. The molecule has 0 radical (unpaired) electrons. The van der Waals surface area contributed by atoms with E-state index in [9.17, 15) is 4.79 Å². The molecule has 0 fully saturated rings. The van der Waals surface area contributed by atoms with E-state index >= 15 is 0 Å². The highest BCUT2D eigenvalue weighted by atomic mass is 16.5. The van der Waals surface area contributed by atoms with Gasteiger partial charge in [-0.25, -0.2) is 0 Å². The normalized spacial score (nSPS) is 10.4. The Kier molecular flexibility index (Phi) is 6.21. The van der Waals surface area contributed by atoms with Crippen LogP contribution in [0, 0.1) is 0 Å². The second kappa shape index (κ2) is 8.57. The average molecular weight is 356 g/mol. The molecule has 0 aliphatic rings. The molecule has 7 nitrogen and oxygen atoms in total. The van der Waals surface area contributed by atoms with Crippen molar-refractivity contribution in [2.75, 3.05) is 26.6 Å². The number of methoxy groups -OCH3 is 3. The maximum absolute atomic E-state index is 12.7. The van der Waals surface area contributed by atoms with Gasteiger partial charge in [-0.15, -0.1) is 0 Å². The monoisotopic (exact) mass is 356 g/mol. The third-order valence-corrected chi connectivity index (χ3v) is 3.36. The van der Waals surface area contributed by atoms with Crippen molar-refractivity contribution in [3.63, 3.8) is 0 Å². The van der Waals surface area contributed by atoms with Crippen LogP contribution in [0.1, 0.15) is 16.1 Å². The Morgan fingerprint density at radius 2 is 1.85 bits per heavy atom. The highest BCUT2D eigenvalue weighted by molar-refractivity contribution is 6.08. The van der Waals surface area contributed by atoms with Crippen LogP contribution in [0.3, 0.4) is 0 Å². The van der Waals surface area contributed by atoms with Crippen molar-refractivity contribution in [2.24, 2.45) is 0 Å². The van der Waals surface area contributed by atoms with Crippen LogP contribution in [-0.2, 0) is 0 Å². The zero-order valence-electron chi connectivity index (χ0n) is 14.9. The summed E-state index contributed by atoms with van der Waals surface area (Å²) in [5.74, 6) is 0.799. The number of aromatic nitrogens is 1. The first-order valence-electron chi connectivity index (χ1n) is 7.59. The summed E-state index contributed by atoms with van der Waals surface area (Å²) in [6, 6.07) is 3.26. The summed E-state index contributed by atoms with van der Waals surface area (Å²) in [4.78, 5) is 16.8. The van der Waals surface area contributed by atoms with Crippen molar-refractivity contribution in [3.05, 3.63) is 66.7 Å². The van der Waals surface area contributed by atoms with E-state index in [1.165, 1.54) is 27.6 Å². The van der Waals surface area contributed by atoms with Crippen molar-refractivity contribution in [3.8, 4) is 17.2 Å². The summed E-state index contributed by atoms with van der Waals surface area (Å²) in [6.07, 6.45) is 6.28. The van der Waals surface area contributed by atoms with Gasteiger partial charge in [-0.05, 0) is 18.2 Å². The molecular formula is C19H20N2O5. The van der Waals surface area contributed by atoms with Crippen molar-refractivity contribution < 1.29 is 23.4 Å². The van der Waals surface area contributed by atoms with E-state index in [2.05, 4.69) is 23.5 Å². The summed E-state index contributed by atoms with van der Waals surface area (Å²) in [6.45, 7) is 7.36. The minimum Gasteiger partial charge on any atom is -0.493 e. The highest BCUT2D eigenvalue weighted by Gasteiger charge is 2.20. The molecule has 1 N–H and O–H groups in total. The smallest absolute Gasteiger partial charge is 0.299 e. The number of carbonyl (C=O) groups excluding carboxylic acids is 1. The zero-order valence-corrected chi connectivity index (χ0v) is 14.9. The number of hydrogen-bond donors (Lipinski definition) is 1. The van der Waals surface area contributed by atoms with Crippen molar-refractivity contribution in [2.45, 2.75) is 0 Å².